The van der Waals surface area contributed by atoms with Gasteiger partial charge in [-0.25, -0.2) is 4.79 Å². The summed E-state index contributed by atoms with van der Waals surface area (Å²) in [6, 6.07) is 3.67. The molecule has 3 atom stereocenters. The van der Waals surface area contributed by atoms with E-state index in [1.807, 2.05) is 0 Å². The minimum atomic E-state index is -1.09. The number of rotatable bonds is 6. The molecular weight excluding hydrogens is 474 g/mol. The molecule has 2 N–H and O–H groups in total. The number of carbonyl (C=O) groups excluding carboxylic acids is 4. The maximum absolute atomic E-state index is 11.8. The molecular formula is C21H29NO13. The molecule has 1 aliphatic heterocycles. The second-order valence-electron chi connectivity index (χ2n) is 6.25. The minimum absolute atomic E-state index is 0.0691. The molecule has 1 heterocycles. The van der Waals surface area contributed by atoms with E-state index in [-0.39, 0.29) is 24.2 Å². The summed E-state index contributed by atoms with van der Waals surface area (Å²) in [5.41, 5.74) is -0.318. The Labute approximate surface area is 200 Å². The highest BCUT2D eigenvalue weighted by atomic mass is 16.7. The third-order valence-electron chi connectivity index (χ3n) is 3.62. The zero-order chi connectivity index (χ0) is 27.6. The number of nitro groups is 1. The van der Waals surface area contributed by atoms with Gasteiger partial charge >= 0.3 is 17.6 Å². The van der Waals surface area contributed by atoms with E-state index in [2.05, 4.69) is 4.74 Å². The van der Waals surface area contributed by atoms with Crippen LogP contribution >= 0.6 is 0 Å². The van der Waals surface area contributed by atoms with Crippen LogP contribution in [-0.4, -0.2) is 78.3 Å². The third kappa shape index (κ3) is 14.1. The van der Waals surface area contributed by atoms with Crippen molar-refractivity contribution in [1.29, 1.82) is 0 Å². The van der Waals surface area contributed by atoms with Crippen LogP contribution in [0.25, 0.3) is 0 Å². The Morgan fingerprint density at radius 1 is 1.17 bits per heavy atom. The van der Waals surface area contributed by atoms with Gasteiger partial charge in [0.15, 0.2) is 11.9 Å². The first-order valence-electron chi connectivity index (χ1n) is 9.83. The van der Waals surface area contributed by atoms with E-state index in [4.69, 9.17) is 34.0 Å². The number of hydrogen-bond acceptors (Lipinski definition) is 12. The molecule has 14 nitrogen and oxygen atoms in total. The number of benzene rings is 1. The van der Waals surface area contributed by atoms with Gasteiger partial charge in [-0.3, -0.25) is 24.5 Å². The van der Waals surface area contributed by atoms with Crippen LogP contribution in [0.5, 0.6) is 5.75 Å². The molecule has 1 aromatic carbocycles. The lowest BCUT2D eigenvalue weighted by Gasteiger charge is -2.33. The van der Waals surface area contributed by atoms with Gasteiger partial charge in [0.2, 0.25) is 6.29 Å². The Kier molecular flexibility index (Phi) is 17.6. The van der Waals surface area contributed by atoms with Crippen molar-refractivity contribution in [3.05, 3.63) is 33.9 Å². The zero-order valence-electron chi connectivity index (χ0n) is 19.9. The predicted octanol–water partition coefficient (Wildman–Crippen LogP) is 1.30. The van der Waals surface area contributed by atoms with Gasteiger partial charge in [-0.15, -0.1) is 0 Å². The number of nitrogens with zero attached hydrogens (tertiary/aromatic N) is 1. The maximum Gasteiger partial charge on any atom is 0.335 e. The summed E-state index contributed by atoms with van der Waals surface area (Å²) >= 11 is 0. The van der Waals surface area contributed by atoms with Crippen molar-refractivity contribution in [2.75, 3.05) is 14.2 Å². The van der Waals surface area contributed by atoms with E-state index in [1.54, 1.807) is 0 Å². The lowest BCUT2D eigenvalue weighted by molar-refractivity contribution is -0.386. The van der Waals surface area contributed by atoms with Crippen LogP contribution in [-0.2, 0) is 33.4 Å². The van der Waals surface area contributed by atoms with E-state index >= 15 is 0 Å². The molecule has 1 aliphatic rings. The van der Waals surface area contributed by atoms with Crippen molar-refractivity contribution in [2.45, 2.75) is 52.1 Å². The Morgan fingerprint density at radius 2 is 1.71 bits per heavy atom. The summed E-state index contributed by atoms with van der Waals surface area (Å²) in [7, 11) is 2.18. The SMILES string of the molecule is CC(=O)O.CC=O.CO.COC(=O)[C@@H]1C[C@H](OC(C)=O)C[C@H](Oc2ccc(C=O)cc2[N+](=O)[O-])O1. The minimum Gasteiger partial charge on any atom is -0.481 e. The molecule has 0 bridgehead atoms. The topological polar surface area (TPSA) is 206 Å². The fraction of sp³-hybridized carbons (Fsp3) is 0.476. The first-order valence-corrected chi connectivity index (χ1v) is 9.83. The molecule has 1 aromatic rings. The van der Waals surface area contributed by atoms with Gasteiger partial charge in [0.1, 0.15) is 18.7 Å². The van der Waals surface area contributed by atoms with Gasteiger partial charge in [-0.1, -0.05) is 0 Å². The van der Waals surface area contributed by atoms with E-state index in [9.17, 15) is 24.5 Å². The Balaban J connectivity index is 0. The van der Waals surface area contributed by atoms with E-state index in [0.29, 0.717) is 6.29 Å². The number of nitro benzene ring substituents is 1. The quantitative estimate of drug-likeness (QED) is 0.243. The molecule has 0 unspecified atom stereocenters. The number of esters is 2. The summed E-state index contributed by atoms with van der Waals surface area (Å²) in [6.07, 6.45) is -1.44. The van der Waals surface area contributed by atoms with Crippen LogP contribution < -0.4 is 4.74 Å². The van der Waals surface area contributed by atoms with Crippen LogP contribution in [0.3, 0.4) is 0 Å². The fourth-order valence-electron chi connectivity index (χ4n) is 2.53. The zero-order valence-corrected chi connectivity index (χ0v) is 19.9. The molecule has 0 aliphatic carbocycles. The molecule has 35 heavy (non-hydrogen) atoms. The molecule has 196 valence electrons. The van der Waals surface area contributed by atoms with Crippen molar-refractivity contribution < 1.29 is 58.1 Å². The highest BCUT2D eigenvalue weighted by Crippen LogP contribution is 2.32. The standard InChI is InChI=1S/C16H17NO9.C2H4O2.C2H4O.CH4O/c1-9(19)24-11-6-14(16(20)23-2)26-15(7-11)25-13-4-3-10(8-18)5-12(13)17(21)22;1-2(3)4;1-2-3;1-2/h3-5,8,11,14-15H,6-7H2,1-2H3;1H3,(H,3,4);2H,1H3;2H,1H3/t11-,14-,15+;;;/m0.../s1. The lowest BCUT2D eigenvalue weighted by atomic mass is 10.0. The fourth-order valence-corrected chi connectivity index (χ4v) is 2.53. The van der Waals surface area contributed by atoms with Crippen molar-refractivity contribution in [1.82, 2.24) is 0 Å². The largest absolute Gasteiger partial charge is 0.481 e. The number of aliphatic carboxylic acids is 1. The monoisotopic (exact) mass is 503 g/mol. The number of hydrogen-bond donors (Lipinski definition) is 2. The van der Waals surface area contributed by atoms with E-state index in [0.717, 1.165) is 26.4 Å². The number of methoxy groups -OCH3 is 1. The first kappa shape index (κ1) is 33.3. The Morgan fingerprint density at radius 3 is 2.14 bits per heavy atom. The average molecular weight is 503 g/mol. The van der Waals surface area contributed by atoms with Crippen molar-refractivity contribution in [3.63, 3.8) is 0 Å². The molecule has 2 rings (SSSR count). The number of carbonyl (C=O) groups is 5. The van der Waals surface area contributed by atoms with Crippen LogP contribution in [0.1, 0.15) is 44.0 Å². The highest BCUT2D eigenvalue weighted by molar-refractivity contribution is 5.77. The van der Waals surface area contributed by atoms with Gasteiger partial charge in [-0.05, 0) is 19.1 Å². The number of ether oxygens (including phenoxy) is 4. The number of carboxylic acids is 1. The molecule has 0 amide bonds. The van der Waals surface area contributed by atoms with Crippen LogP contribution in [0.2, 0.25) is 0 Å². The third-order valence-corrected chi connectivity index (χ3v) is 3.62. The lowest BCUT2D eigenvalue weighted by Crippen LogP contribution is -2.44. The Hall–Kier alpha value is -3.91. The summed E-state index contributed by atoms with van der Waals surface area (Å²) in [5, 5.41) is 25.6. The van der Waals surface area contributed by atoms with Crippen LogP contribution in [0.4, 0.5) is 5.69 Å². The first-order chi connectivity index (χ1) is 16.5. The molecule has 1 saturated heterocycles. The molecule has 0 spiro atoms. The van der Waals surface area contributed by atoms with E-state index < -0.39 is 47.0 Å². The van der Waals surface area contributed by atoms with Gasteiger partial charge in [0.05, 0.1) is 12.0 Å². The van der Waals surface area contributed by atoms with Crippen LogP contribution in [0, 0.1) is 10.1 Å². The number of aliphatic hydroxyl groups is 1. The summed E-state index contributed by atoms with van der Waals surface area (Å²) in [5.74, 6) is -2.19. The molecule has 0 saturated carbocycles. The van der Waals surface area contributed by atoms with E-state index in [1.165, 1.54) is 33.1 Å². The molecule has 0 aromatic heterocycles. The van der Waals surface area contributed by atoms with Crippen molar-refractivity contribution in [3.8, 4) is 5.75 Å². The number of aldehydes is 2. The maximum atomic E-state index is 11.8. The summed E-state index contributed by atoms with van der Waals surface area (Å²) < 4.78 is 20.7. The number of carboxylic acid groups (broad SMARTS) is 1. The average Bonchev–Trinajstić information content (AvgIpc) is 2.79. The second kappa shape index (κ2) is 18.5. The van der Waals surface area contributed by atoms with Gasteiger partial charge in [0, 0.05) is 45.4 Å². The van der Waals surface area contributed by atoms with Gasteiger partial charge in [-0.2, -0.15) is 0 Å². The summed E-state index contributed by atoms with van der Waals surface area (Å²) in [4.78, 5) is 62.0. The van der Waals surface area contributed by atoms with Crippen molar-refractivity contribution >= 4 is 36.2 Å². The molecule has 0 radical (unpaired) electrons. The van der Waals surface area contributed by atoms with Gasteiger partial charge in [0.25, 0.3) is 5.97 Å². The predicted molar refractivity (Wildman–Crippen MR) is 118 cm³/mol. The second-order valence-corrected chi connectivity index (χ2v) is 6.25. The van der Waals surface area contributed by atoms with Gasteiger partial charge < -0.3 is 34.0 Å². The van der Waals surface area contributed by atoms with Crippen molar-refractivity contribution in [2.24, 2.45) is 0 Å². The van der Waals surface area contributed by atoms with Crippen LogP contribution in [0.15, 0.2) is 18.2 Å². The normalized spacial score (nSPS) is 17.7. The smallest absolute Gasteiger partial charge is 0.335 e. The Bertz CT molecular complexity index is 852. The highest BCUT2D eigenvalue weighted by Gasteiger charge is 2.38. The molecule has 14 heteroatoms. The summed E-state index contributed by atoms with van der Waals surface area (Å²) in [6.45, 7) is 3.75. The molecule has 1 fully saturated rings. The number of aliphatic hydroxyl groups excluding tert-OH is 1.